The van der Waals surface area contributed by atoms with Gasteiger partial charge in [-0.05, 0) is 38.1 Å². The summed E-state index contributed by atoms with van der Waals surface area (Å²) in [5.74, 6) is -0.0200. The topological polar surface area (TPSA) is 25.4 Å². The van der Waals surface area contributed by atoms with Crippen LogP contribution in [0.4, 0.5) is 4.39 Å². The molecule has 2 aromatic rings. The van der Waals surface area contributed by atoms with Crippen LogP contribution in [-0.2, 0) is 13.0 Å². The second kappa shape index (κ2) is 6.81. The van der Waals surface area contributed by atoms with Gasteiger partial charge in [-0.3, -0.25) is 0 Å². The summed E-state index contributed by atoms with van der Waals surface area (Å²) in [6.45, 7) is 3.76. The van der Waals surface area contributed by atoms with E-state index in [-0.39, 0.29) is 5.82 Å². The summed E-state index contributed by atoms with van der Waals surface area (Å²) in [6, 6.07) is 5.01. The summed E-state index contributed by atoms with van der Waals surface area (Å²) in [7, 11) is 3.55. The molecule has 0 N–H and O–H groups in total. The van der Waals surface area contributed by atoms with Crippen molar-refractivity contribution in [3.05, 3.63) is 45.7 Å². The van der Waals surface area contributed by atoms with Crippen LogP contribution in [0.15, 0.2) is 23.7 Å². The van der Waals surface area contributed by atoms with E-state index < -0.39 is 0 Å². The first-order chi connectivity index (χ1) is 9.60. The Morgan fingerprint density at radius 3 is 2.85 bits per heavy atom. The Labute approximate surface area is 123 Å². The summed E-state index contributed by atoms with van der Waals surface area (Å²) >= 11 is 1.70. The molecule has 0 atom stereocenters. The van der Waals surface area contributed by atoms with Crippen LogP contribution in [0.2, 0.25) is 0 Å². The monoisotopic (exact) mass is 294 g/mol. The van der Waals surface area contributed by atoms with Gasteiger partial charge in [-0.1, -0.05) is 6.07 Å². The fraction of sp³-hybridized carbons (Fsp3) is 0.400. The third-order valence-corrected chi connectivity index (χ3v) is 4.23. The molecule has 0 saturated carbocycles. The molecule has 1 aromatic carbocycles. The highest BCUT2D eigenvalue weighted by Gasteiger charge is 2.07. The van der Waals surface area contributed by atoms with Gasteiger partial charge in [-0.2, -0.15) is 0 Å². The van der Waals surface area contributed by atoms with Gasteiger partial charge in [0, 0.05) is 18.0 Å². The molecule has 0 amide bonds. The number of thiazole rings is 1. The van der Waals surface area contributed by atoms with Crippen molar-refractivity contribution in [2.24, 2.45) is 0 Å². The zero-order valence-corrected chi connectivity index (χ0v) is 12.8. The van der Waals surface area contributed by atoms with Crippen molar-refractivity contribution >= 4 is 11.3 Å². The number of aromatic nitrogens is 1. The summed E-state index contributed by atoms with van der Waals surface area (Å²) in [4.78, 5) is 7.79. The van der Waals surface area contributed by atoms with Gasteiger partial charge in [0.05, 0.1) is 18.3 Å². The van der Waals surface area contributed by atoms with E-state index in [0.29, 0.717) is 5.75 Å². The van der Waals surface area contributed by atoms with Crippen LogP contribution < -0.4 is 4.74 Å². The average Bonchev–Trinajstić information content (AvgIpc) is 2.84. The van der Waals surface area contributed by atoms with E-state index in [4.69, 9.17) is 4.74 Å². The molecule has 0 unspecified atom stereocenters. The van der Waals surface area contributed by atoms with Crippen molar-refractivity contribution in [2.75, 3.05) is 20.7 Å². The Hall–Kier alpha value is -1.46. The highest BCUT2D eigenvalue weighted by molar-refractivity contribution is 7.09. The predicted molar refractivity (Wildman–Crippen MR) is 79.8 cm³/mol. The van der Waals surface area contributed by atoms with E-state index >= 15 is 0 Å². The Morgan fingerprint density at radius 2 is 2.20 bits per heavy atom. The van der Waals surface area contributed by atoms with Gasteiger partial charge >= 0.3 is 0 Å². The molecule has 3 nitrogen and oxygen atoms in total. The molecule has 1 heterocycles. The number of hydrogen-bond donors (Lipinski definition) is 0. The molecule has 0 radical (unpaired) electrons. The molecule has 0 aliphatic rings. The number of halogens is 1. The number of hydrogen-bond acceptors (Lipinski definition) is 4. The number of benzene rings is 1. The largest absolute Gasteiger partial charge is 0.494 e. The maximum Gasteiger partial charge on any atom is 0.165 e. The summed E-state index contributed by atoms with van der Waals surface area (Å²) in [5, 5.41) is 0. The lowest BCUT2D eigenvalue weighted by Crippen LogP contribution is -2.20. The predicted octanol–water partition coefficient (Wildman–Crippen LogP) is 3.27. The summed E-state index contributed by atoms with van der Waals surface area (Å²) in [6.07, 6.45) is 0.991. The van der Waals surface area contributed by atoms with E-state index in [1.54, 1.807) is 23.5 Å². The molecule has 108 valence electrons. The van der Waals surface area contributed by atoms with Crippen molar-refractivity contribution in [3.8, 4) is 5.75 Å². The van der Waals surface area contributed by atoms with Crippen LogP contribution in [0.5, 0.6) is 5.75 Å². The Kier molecular flexibility index (Phi) is 5.09. The lowest BCUT2D eigenvalue weighted by molar-refractivity contribution is 0.329. The minimum atomic E-state index is -0.320. The second-order valence-electron chi connectivity index (χ2n) is 4.82. The van der Waals surface area contributed by atoms with E-state index in [2.05, 4.69) is 16.9 Å². The minimum absolute atomic E-state index is 0.300. The molecule has 0 saturated heterocycles. The lowest BCUT2D eigenvalue weighted by Gasteiger charge is -2.17. The Balaban J connectivity index is 1.91. The first-order valence-electron chi connectivity index (χ1n) is 6.50. The van der Waals surface area contributed by atoms with Crippen molar-refractivity contribution < 1.29 is 9.13 Å². The van der Waals surface area contributed by atoms with Gasteiger partial charge in [0.2, 0.25) is 0 Å². The molecular formula is C15H19FN2OS. The maximum absolute atomic E-state index is 13.3. The average molecular weight is 294 g/mol. The molecule has 0 bridgehead atoms. The van der Waals surface area contributed by atoms with Crippen LogP contribution in [0.25, 0.3) is 0 Å². The second-order valence-corrected chi connectivity index (χ2v) is 5.76. The lowest BCUT2D eigenvalue weighted by atomic mass is 10.2. The van der Waals surface area contributed by atoms with Gasteiger partial charge in [0.15, 0.2) is 11.6 Å². The number of likely N-dealkylation sites (N-methyl/N-ethyl adjacent to an activating group) is 1. The van der Waals surface area contributed by atoms with Gasteiger partial charge in [-0.15, -0.1) is 11.3 Å². The highest BCUT2D eigenvalue weighted by Crippen LogP contribution is 2.19. The van der Waals surface area contributed by atoms with Crippen LogP contribution in [-0.4, -0.2) is 30.6 Å². The van der Waals surface area contributed by atoms with E-state index in [9.17, 15) is 4.39 Å². The number of nitrogens with zero attached hydrogens (tertiary/aromatic N) is 2. The number of ether oxygens (including phenoxy) is 1. The third kappa shape index (κ3) is 3.77. The first-order valence-corrected chi connectivity index (χ1v) is 7.38. The van der Waals surface area contributed by atoms with E-state index in [1.165, 1.54) is 18.1 Å². The fourth-order valence-corrected chi connectivity index (χ4v) is 2.82. The van der Waals surface area contributed by atoms with Gasteiger partial charge in [0.25, 0.3) is 0 Å². The molecule has 0 aliphatic heterocycles. The van der Waals surface area contributed by atoms with E-state index in [0.717, 1.165) is 30.8 Å². The van der Waals surface area contributed by atoms with Crippen molar-refractivity contribution in [3.63, 3.8) is 0 Å². The van der Waals surface area contributed by atoms with Crippen LogP contribution in [0.1, 0.15) is 16.1 Å². The van der Waals surface area contributed by atoms with Crippen molar-refractivity contribution in [1.29, 1.82) is 0 Å². The normalized spacial score (nSPS) is 11.1. The molecule has 20 heavy (non-hydrogen) atoms. The summed E-state index contributed by atoms with van der Waals surface area (Å²) in [5.41, 5.74) is 4.05. The fourth-order valence-electron chi connectivity index (χ4n) is 2.05. The van der Waals surface area contributed by atoms with Crippen molar-refractivity contribution in [2.45, 2.75) is 19.9 Å². The van der Waals surface area contributed by atoms with Crippen LogP contribution in [0, 0.1) is 12.7 Å². The molecule has 5 heteroatoms. The standard InChI is InChI=1S/C15H19FN2OS/c1-11-15(20-10-17-11)6-7-18(2)9-12-4-5-13(16)14(8-12)19-3/h4-5,8,10H,6-7,9H2,1-3H3. The van der Waals surface area contributed by atoms with Gasteiger partial charge < -0.3 is 9.64 Å². The quantitative estimate of drug-likeness (QED) is 0.817. The molecule has 1 aromatic heterocycles. The number of rotatable bonds is 6. The number of methoxy groups -OCH3 is 1. The van der Waals surface area contributed by atoms with Gasteiger partial charge in [0.1, 0.15) is 0 Å². The van der Waals surface area contributed by atoms with E-state index in [1.807, 2.05) is 12.4 Å². The SMILES string of the molecule is COc1cc(CN(C)CCc2scnc2C)ccc1F. The first kappa shape index (κ1) is 14.9. The smallest absolute Gasteiger partial charge is 0.165 e. The Morgan fingerprint density at radius 1 is 1.40 bits per heavy atom. The zero-order chi connectivity index (χ0) is 14.5. The van der Waals surface area contributed by atoms with Crippen LogP contribution in [0.3, 0.4) is 0 Å². The van der Waals surface area contributed by atoms with Crippen LogP contribution >= 0.6 is 11.3 Å². The zero-order valence-electron chi connectivity index (χ0n) is 12.0. The number of aryl methyl sites for hydroxylation is 1. The molecule has 0 fully saturated rings. The molecular weight excluding hydrogens is 275 g/mol. The van der Waals surface area contributed by atoms with Crippen molar-refractivity contribution in [1.82, 2.24) is 9.88 Å². The summed E-state index contributed by atoms with van der Waals surface area (Å²) < 4.78 is 18.3. The highest BCUT2D eigenvalue weighted by atomic mass is 32.1. The third-order valence-electron chi connectivity index (χ3n) is 3.23. The minimum Gasteiger partial charge on any atom is -0.494 e. The molecule has 0 spiro atoms. The Bertz CT molecular complexity index is 571. The maximum atomic E-state index is 13.3. The van der Waals surface area contributed by atoms with Gasteiger partial charge in [-0.25, -0.2) is 9.37 Å². The molecule has 0 aliphatic carbocycles. The molecule has 2 rings (SSSR count).